The Morgan fingerprint density at radius 2 is 1.43 bits per heavy atom. The van der Waals surface area contributed by atoms with Crippen LogP contribution in [-0.4, -0.2) is 22.3 Å². The summed E-state index contributed by atoms with van der Waals surface area (Å²) in [5, 5.41) is 0. The van der Waals surface area contributed by atoms with E-state index in [0.29, 0.717) is 0 Å². The third-order valence-corrected chi connectivity index (χ3v) is 12.9. The van der Waals surface area contributed by atoms with Gasteiger partial charge in [0, 0.05) is 0 Å². The first kappa shape index (κ1) is 16.1. The van der Waals surface area contributed by atoms with Crippen LogP contribution in [0.15, 0.2) is 0 Å². The zero-order valence-electron chi connectivity index (χ0n) is 7.15. The quantitative estimate of drug-likeness (QED) is 0.713. The molecule has 14 heavy (non-hydrogen) atoms. The molecule has 0 radical (unpaired) electrons. The lowest BCUT2D eigenvalue weighted by atomic mass is 12.0. The highest BCUT2D eigenvalue weighted by Crippen LogP contribution is 2.67. The molecule has 2 atom stereocenters. The predicted octanol–water partition coefficient (Wildman–Crippen LogP) is 2.57. The highest BCUT2D eigenvalue weighted by atomic mass is 32.9. The van der Waals surface area contributed by atoms with Crippen LogP contribution in [0, 0.1) is 0 Å². The van der Waals surface area contributed by atoms with Crippen molar-refractivity contribution in [2.75, 3.05) is 12.5 Å². The Balaban J connectivity index is 4.26. The monoisotopic (exact) mass is 334 g/mol. The molecule has 2 N–H and O–H groups in total. The fourth-order valence-electron chi connectivity index (χ4n) is 0.280. The van der Waals surface area contributed by atoms with Crippen LogP contribution in [-0.2, 0) is 36.8 Å². The largest absolute Gasteiger partial charge is 0.337 e. The lowest BCUT2D eigenvalue weighted by molar-refractivity contribution is 0.409. The van der Waals surface area contributed by atoms with E-state index in [9.17, 15) is 14.4 Å². The molecule has 0 aromatic carbocycles. The molecule has 0 amide bonds. The van der Waals surface area contributed by atoms with Crippen LogP contribution in [0.5, 0.6) is 0 Å². The molecule has 0 aliphatic carbocycles. The summed E-state index contributed by atoms with van der Waals surface area (Å²) >= 11 is 10.9. The van der Waals surface area contributed by atoms with E-state index in [1.807, 2.05) is 0 Å². The number of hydrogen-bond acceptors (Lipinski definition) is 7. The van der Waals surface area contributed by atoms with Crippen molar-refractivity contribution in [1.29, 1.82) is 0 Å². The van der Waals surface area contributed by atoms with Gasteiger partial charge in [0.1, 0.15) is 0 Å². The standard InChI is InChI=1S/C2H9O5P3S4/c1-13-9(4,11)6-8(3)7-10(5,12)14-2/h8H,1-2H3,(H,4,11)(H,5,12). The maximum atomic E-state index is 11.1. The fraction of sp³-hybridized carbons (Fsp3) is 1.00. The molecule has 0 aromatic heterocycles. The third-order valence-electron chi connectivity index (χ3n) is 0.841. The Morgan fingerprint density at radius 3 is 1.64 bits per heavy atom. The van der Waals surface area contributed by atoms with Crippen molar-refractivity contribution in [3.8, 4) is 0 Å². The van der Waals surface area contributed by atoms with Gasteiger partial charge in [-0.3, -0.25) is 4.57 Å². The molecule has 0 bridgehead atoms. The summed E-state index contributed by atoms with van der Waals surface area (Å²) in [5.41, 5.74) is -6.23. The fourth-order valence-corrected chi connectivity index (χ4v) is 6.35. The maximum Gasteiger partial charge on any atom is 0.331 e. The molecule has 2 unspecified atom stereocenters. The first-order valence-corrected chi connectivity index (χ1v) is 13.2. The van der Waals surface area contributed by atoms with Gasteiger partial charge in [0.25, 0.3) is 11.4 Å². The smallest absolute Gasteiger partial charge is 0.331 e. The first-order valence-electron chi connectivity index (χ1n) is 2.92. The summed E-state index contributed by atoms with van der Waals surface area (Å²) in [6.45, 7) is 0. The lowest BCUT2D eigenvalue weighted by Crippen LogP contribution is -1.79. The Labute approximate surface area is 101 Å². The lowest BCUT2D eigenvalue weighted by Gasteiger charge is -2.15. The van der Waals surface area contributed by atoms with Gasteiger partial charge >= 0.3 is 8.25 Å². The topological polar surface area (TPSA) is 76.0 Å². The Hall–Kier alpha value is 2.07. The van der Waals surface area contributed by atoms with Crippen LogP contribution in [0.3, 0.4) is 0 Å². The van der Waals surface area contributed by atoms with Crippen molar-refractivity contribution in [1.82, 2.24) is 0 Å². The van der Waals surface area contributed by atoms with Crippen molar-refractivity contribution in [3.05, 3.63) is 0 Å². The summed E-state index contributed by atoms with van der Waals surface area (Å²) in [4.78, 5) is 18.5. The SMILES string of the molecule is CSP(O)(=S)O[PH](=O)OP(O)(=S)SC. The molecule has 0 saturated heterocycles. The van der Waals surface area contributed by atoms with Crippen LogP contribution in [0.25, 0.3) is 0 Å². The highest BCUT2D eigenvalue weighted by Gasteiger charge is 2.22. The summed E-state index contributed by atoms with van der Waals surface area (Å²) in [6, 6.07) is 0. The van der Waals surface area contributed by atoms with Gasteiger partial charge in [0.05, 0.1) is 0 Å². The molecule has 0 saturated carbocycles. The van der Waals surface area contributed by atoms with Crippen molar-refractivity contribution in [2.24, 2.45) is 0 Å². The van der Waals surface area contributed by atoms with Gasteiger partial charge in [0.2, 0.25) is 0 Å². The predicted molar refractivity (Wildman–Crippen MR) is 71.2 cm³/mol. The molecule has 0 fully saturated rings. The average Bonchev–Trinajstić information content (AvgIpc) is 2.02. The average molecular weight is 334 g/mol. The summed E-state index contributed by atoms with van der Waals surface area (Å²) in [6.07, 6.45) is 3.05. The minimum atomic E-state index is -3.12. The second-order valence-electron chi connectivity index (χ2n) is 1.73. The third kappa shape index (κ3) is 7.36. The van der Waals surface area contributed by atoms with Crippen molar-refractivity contribution in [2.45, 2.75) is 0 Å². The molecule has 5 nitrogen and oxygen atoms in total. The second-order valence-corrected chi connectivity index (χ2v) is 15.8. The molecule has 86 valence electrons. The van der Waals surface area contributed by atoms with Crippen LogP contribution < -0.4 is 0 Å². The van der Waals surface area contributed by atoms with E-state index >= 15 is 0 Å². The Bertz CT molecular complexity index is 277. The minimum Gasteiger partial charge on any atom is -0.337 e. The molecule has 0 heterocycles. The second kappa shape index (κ2) is 6.72. The van der Waals surface area contributed by atoms with E-state index in [4.69, 9.17) is 0 Å². The normalized spacial score (nSPS) is 22.3. The molecule has 12 heteroatoms. The van der Waals surface area contributed by atoms with E-state index in [-0.39, 0.29) is 0 Å². The van der Waals surface area contributed by atoms with Crippen LogP contribution in [0.4, 0.5) is 0 Å². The molecular weight excluding hydrogens is 325 g/mol. The zero-order valence-corrected chi connectivity index (χ0v) is 13.2. The highest BCUT2D eigenvalue weighted by molar-refractivity contribution is 8.68. The Morgan fingerprint density at radius 1 is 1.14 bits per heavy atom. The van der Waals surface area contributed by atoms with Gasteiger partial charge in [-0.1, -0.05) is 22.8 Å². The summed E-state index contributed by atoms with van der Waals surface area (Å²) in [5.74, 6) is 0. The van der Waals surface area contributed by atoms with Crippen LogP contribution in [0.2, 0.25) is 0 Å². The molecule has 0 aromatic rings. The first-order chi connectivity index (χ1) is 6.22. The molecular formula is C2H9O5P3S4. The van der Waals surface area contributed by atoms with E-state index in [1.54, 1.807) is 0 Å². The summed E-state index contributed by atoms with van der Waals surface area (Å²) in [7, 11) is -3.03. The van der Waals surface area contributed by atoms with Gasteiger partial charge in [-0.15, -0.1) is 0 Å². The van der Waals surface area contributed by atoms with E-state index in [1.165, 1.54) is 12.5 Å². The van der Waals surface area contributed by atoms with Gasteiger partial charge in [-0.25, -0.2) is 8.62 Å². The Kier molecular flexibility index (Phi) is 7.71. The van der Waals surface area contributed by atoms with Crippen molar-refractivity contribution < 1.29 is 23.0 Å². The van der Waals surface area contributed by atoms with Gasteiger partial charge < -0.3 is 9.79 Å². The zero-order chi connectivity index (χ0) is 11.4. The van der Waals surface area contributed by atoms with Crippen LogP contribution >= 0.6 is 42.4 Å². The van der Waals surface area contributed by atoms with E-state index in [0.717, 1.165) is 22.8 Å². The number of hydrogen-bond donors (Lipinski definition) is 2. The van der Waals surface area contributed by atoms with Crippen LogP contribution in [0.1, 0.15) is 0 Å². The van der Waals surface area contributed by atoms with Gasteiger partial charge in [-0.05, 0) is 36.1 Å². The van der Waals surface area contributed by atoms with E-state index in [2.05, 4.69) is 32.2 Å². The minimum absolute atomic E-state index is 0.884. The van der Waals surface area contributed by atoms with Crippen molar-refractivity contribution >= 4 is 66.0 Å². The molecule has 0 rings (SSSR count). The number of rotatable bonds is 6. The molecule has 0 aliphatic rings. The van der Waals surface area contributed by atoms with Gasteiger partial charge in [-0.2, -0.15) is 0 Å². The molecule has 0 spiro atoms. The maximum absolute atomic E-state index is 11.1. The molecule has 0 aliphatic heterocycles. The summed E-state index contributed by atoms with van der Waals surface area (Å²) < 4.78 is 20.3. The van der Waals surface area contributed by atoms with Gasteiger partial charge in [0.15, 0.2) is 0 Å². The van der Waals surface area contributed by atoms with E-state index < -0.39 is 19.6 Å². The van der Waals surface area contributed by atoms with Crippen molar-refractivity contribution in [3.63, 3.8) is 0 Å².